The van der Waals surface area contributed by atoms with E-state index >= 15 is 0 Å². The van der Waals surface area contributed by atoms with Gasteiger partial charge in [-0.25, -0.2) is 4.79 Å². The summed E-state index contributed by atoms with van der Waals surface area (Å²) in [6.45, 7) is 0.0665. The topological polar surface area (TPSA) is 120 Å². The van der Waals surface area contributed by atoms with Crippen molar-refractivity contribution in [2.75, 3.05) is 11.9 Å². The fourth-order valence-electron chi connectivity index (χ4n) is 7.78. The fourth-order valence-corrected chi connectivity index (χ4v) is 8.24. The summed E-state index contributed by atoms with van der Waals surface area (Å²) in [6.07, 6.45) is -0.669. The Hall–Kier alpha value is -6.80. The number of halogens is 1. The van der Waals surface area contributed by atoms with Gasteiger partial charge in [0.1, 0.15) is 18.4 Å². The number of alkyl carbamates (subject to hydrolysis) is 1. The standard InChI is InChI=1S/C49H39ClN3O6P/c50-45-17-9-8-16-44(45)49(33-10-2-1-3-11-33,34-20-28-38(60)29-21-34)59-37-26-18-32(19-27-37)30-46(47(54)51-35-22-24-36(25-23-35)53(56)57)52-48(55)58-31-43-41-14-6-4-12-39(41)40-13-5-7-15-42(40)43/h1-29,43,46H,30-31,60H2,(H,51,54)(H,52,55). The van der Waals surface area contributed by atoms with Crippen molar-refractivity contribution in [1.29, 1.82) is 0 Å². The molecule has 0 heterocycles. The van der Waals surface area contributed by atoms with Crippen LogP contribution in [0.1, 0.15) is 39.3 Å². The first-order chi connectivity index (χ1) is 29.2. The minimum absolute atomic E-state index is 0.0665. The van der Waals surface area contributed by atoms with Gasteiger partial charge in [-0.1, -0.05) is 145 Å². The number of hydrogen-bond acceptors (Lipinski definition) is 6. The number of ether oxygens (including phenoxy) is 2. The van der Waals surface area contributed by atoms with Gasteiger partial charge in [-0.3, -0.25) is 14.9 Å². The Bertz CT molecular complexity index is 2620. The molecule has 0 fully saturated rings. The van der Waals surface area contributed by atoms with Gasteiger partial charge in [0.15, 0.2) is 5.60 Å². The van der Waals surface area contributed by atoms with E-state index < -0.39 is 28.6 Å². The monoisotopic (exact) mass is 831 g/mol. The lowest BCUT2D eigenvalue weighted by molar-refractivity contribution is -0.384. The van der Waals surface area contributed by atoms with Gasteiger partial charge in [-0.15, -0.1) is 9.24 Å². The summed E-state index contributed by atoms with van der Waals surface area (Å²) in [6, 6.07) is 53.4. The maximum Gasteiger partial charge on any atom is 0.407 e. The SMILES string of the molecule is O=C(NC(Cc1ccc(OC(c2ccccc2)(c2ccc(P)cc2)c2ccccc2Cl)cc1)C(=O)Nc1ccc([N+](=O)[O-])cc1)OCC1c2ccccc2-c2ccccc21. The molecule has 2 amide bonds. The minimum atomic E-state index is -1.14. The average molecular weight is 832 g/mol. The molecule has 60 heavy (non-hydrogen) atoms. The van der Waals surface area contributed by atoms with E-state index in [1.165, 1.54) is 24.3 Å². The van der Waals surface area contributed by atoms with Crippen LogP contribution in [0, 0.1) is 10.1 Å². The Kier molecular flexibility index (Phi) is 11.7. The molecule has 1 aliphatic rings. The van der Waals surface area contributed by atoms with Crippen LogP contribution in [0.2, 0.25) is 5.02 Å². The summed E-state index contributed by atoms with van der Waals surface area (Å²) < 4.78 is 12.9. The molecule has 1 aliphatic carbocycles. The fraction of sp³-hybridized carbons (Fsp3) is 0.102. The highest BCUT2D eigenvalue weighted by atomic mass is 35.5. The number of rotatable bonds is 13. The number of nitrogens with zero attached hydrogens (tertiary/aromatic N) is 1. The van der Waals surface area contributed by atoms with Gasteiger partial charge in [-0.2, -0.15) is 0 Å². The summed E-state index contributed by atoms with van der Waals surface area (Å²) in [5.74, 6) is -0.165. The summed E-state index contributed by atoms with van der Waals surface area (Å²) in [4.78, 5) is 38.2. The van der Waals surface area contributed by atoms with Crippen molar-refractivity contribution in [3.05, 3.63) is 224 Å². The lowest BCUT2D eigenvalue weighted by Gasteiger charge is -2.37. The molecule has 7 aromatic carbocycles. The van der Waals surface area contributed by atoms with E-state index in [0.29, 0.717) is 16.5 Å². The third kappa shape index (κ3) is 8.36. The highest BCUT2D eigenvalue weighted by Gasteiger charge is 2.41. The molecule has 0 aromatic heterocycles. The number of amides is 2. The molecule has 0 radical (unpaired) electrons. The molecule has 7 aromatic rings. The lowest BCUT2D eigenvalue weighted by atomic mass is 9.80. The second kappa shape index (κ2) is 17.6. The predicted octanol–water partition coefficient (Wildman–Crippen LogP) is 10.2. The second-order valence-corrected chi connectivity index (χ2v) is 15.5. The first kappa shape index (κ1) is 40.0. The Morgan fingerprint density at radius 2 is 1.30 bits per heavy atom. The van der Waals surface area contributed by atoms with Crippen LogP contribution in [0.5, 0.6) is 5.75 Å². The van der Waals surface area contributed by atoms with E-state index in [9.17, 15) is 19.7 Å². The number of nitro groups is 1. The molecule has 0 saturated carbocycles. The van der Waals surface area contributed by atoms with Crippen molar-refractivity contribution >= 4 is 49.5 Å². The Balaban J connectivity index is 1.06. The normalized spacial score (nSPS) is 13.2. The van der Waals surface area contributed by atoms with Crippen LogP contribution >= 0.6 is 20.8 Å². The van der Waals surface area contributed by atoms with E-state index in [1.807, 2.05) is 140 Å². The van der Waals surface area contributed by atoms with Gasteiger partial charge in [-0.05, 0) is 63.5 Å². The molecule has 298 valence electrons. The molecule has 3 atom stereocenters. The Morgan fingerprint density at radius 3 is 1.93 bits per heavy atom. The van der Waals surface area contributed by atoms with E-state index in [0.717, 1.165) is 49.8 Å². The van der Waals surface area contributed by atoms with Crippen molar-refractivity contribution in [2.45, 2.75) is 24.0 Å². The number of anilines is 1. The first-order valence-corrected chi connectivity index (χ1v) is 20.3. The molecule has 11 heteroatoms. The summed E-state index contributed by atoms with van der Waals surface area (Å²) in [5.41, 5.74) is 6.62. The van der Waals surface area contributed by atoms with Gasteiger partial charge in [0.05, 0.1) is 4.92 Å². The second-order valence-electron chi connectivity index (χ2n) is 14.4. The highest BCUT2D eigenvalue weighted by molar-refractivity contribution is 7.27. The van der Waals surface area contributed by atoms with Crippen LogP contribution in [-0.4, -0.2) is 29.6 Å². The van der Waals surface area contributed by atoms with E-state index in [2.05, 4.69) is 32.0 Å². The number of benzene rings is 7. The molecule has 9 nitrogen and oxygen atoms in total. The third-order valence-corrected chi connectivity index (χ3v) is 11.4. The van der Waals surface area contributed by atoms with Crippen LogP contribution in [0.3, 0.4) is 0 Å². The van der Waals surface area contributed by atoms with Crippen molar-refractivity contribution in [1.82, 2.24) is 5.32 Å². The number of carbonyl (C=O) groups is 2. The number of carbonyl (C=O) groups excluding carboxylic acids is 2. The van der Waals surface area contributed by atoms with Crippen LogP contribution < -0.4 is 20.7 Å². The van der Waals surface area contributed by atoms with Gasteiger partial charge in [0.2, 0.25) is 5.91 Å². The lowest BCUT2D eigenvalue weighted by Crippen LogP contribution is -2.45. The van der Waals surface area contributed by atoms with Gasteiger partial charge < -0.3 is 20.1 Å². The summed E-state index contributed by atoms with van der Waals surface area (Å²) >= 11 is 6.95. The number of nitrogens with one attached hydrogen (secondary N) is 2. The quantitative estimate of drug-likeness (QED) is 0.0517. The first-order valence-electron chi connectivity index (χ1n) is 19.3. The zero-order chi connectivity index (χ0) is 41.6. The molecule has 0 bridgehead atoms. The predicted molar refractivity (Wildman–Crippen MR) is 238 cm³/mol. The van der Waals surface area contributed by atoms with Crippen molar-refractivity contribution in [3.8, 4) is 16.9 Å². The van der Waals surface area contributed by atoms with Crippen LogP contribution in [0.25, 0.3) is 11.1 Å². The van der Waals surface area contributed by atoms with Crippen molar-refractivity contribution in [2.24, 2.45) is 0 Å². The van der Waals surface area contributed by atoms with E-state index in [1.54, 1.807) is 0 Å². The summed E-state index contributed by atoms with van der Waals surface area (Å²) in [7, 11) is 2.71. The molecule has 2 N–H and O–H groups in total. The molecular formula is C49H39ClN3O6P. The van der Waals surface area contributed by atoms with Crippen LogP contribution in [0.4, 0.5) is 16.2 Å². The highest BCUT2D eigenvalue weighted by Crippen LogP contribution is 2.45. The Morgan fingerprint density at radius 1 is 0.717 bits per heavy atom. The molecule has 0 aliphatic heterocycles. The number of non-ortho nitro benzene ring substituents is 1. The molecule has 8 rings (SSSR count). The number of nitro benzene ring substituents is 1. The Labute approximate surface area is 354 Å². The maximum atomic E-state index is 13.9. The van der Waals surface area contributed by atoms with E-state index in [4.69, 9.17) is 21.1 Å². The van der Waals surface area contributed by atoms with Crippen molar-refractivity contribution < 1.29 is 24.0 Å². The number of hydrogen-bond donors (Lipinski definition) is 2. The maximum absolute atomic E-state index is 13.9. The minimum Gasteiger partial charge on any atom is -0.473 e. The van der Waals surface area contributed by atoms with Crippen LogP contribution in [0.15, 0.2) is 176 Å². The van der Waals surface area contributed by atoms with Gasteiger partial charge in [0, 0.05) is 51.9 Å². The third-order valence-electron chi connectivity index (χ3n) is 10.7. The molecular weight excluding hydrogens is 793 g/mol. The zero-order valence-corrected chi connectivity index (χ0v) is 34.1. The summed E-state index contributed by atoms with van der Waals surface area (Å²) in [5, 5.41) is 18.4. The average Bonchev–Trinajstić information content (AvgIpc) is 3.59. The van der Waals surface area contributed by atoms with Crippen LogP contribution in [-0.2, 0) is 21.6 Å². The van der Waals surface area contributed by atoms with Gasteiger partial charge in [0.25, 0.3) is 5.69 Å². The zero-order valence-electron chi connectivity index (χ0n) is 32.2. The molecule has 0 spiro atoms. The van der Waals surface area contributed by atoms with Gasteiger partial charge >= 0.3 is 6.09 Å². The molecule has 0 saturated heterocycles. The van der Waals surface area contributed by atoms with E-state index in [-0.39, 0.29) is 24.6 Å². The largest absolute Gasteiger partial charge is 0.473 e. The smallest absolute Gasteiger partial charge is 0.407 e. The van der Waals surface area contributed by atoms with Crippen molar-refractivity contribution in [3.63, 3.8) is 0 Å². The number of fused-ring (bicyclic) bond motifs is 3. The molecule has 3 unspecified atom stereocenters.